The zero-order valence-electron chi connectivity index (χ0n) is 11.7. The van der Waals surface area contributed by atoms with Gasteiger partial charge >= 0.3 is 5.69 Å². The van der Waals surface area contributed by atoms with Gasteiger partial charge in [0.1, 0.15) is 0 Å². The lowest BCUT2D eigenvalue weighted by Crippen LogP contribution is -2.48. The van der Waals surface area contributed by atoms with Gasteiger partial charge in [0.05, 0.1) is 5.56 Å². The monoisotopic (exact) mass is 267 g/mol. The van der Waals surface area contributed by atoms with Crippen molar-refractivity contribution < 1.29 is 5.11 Å². The highest BCUT2D eigenvalue weighted by atomic mass is 16.3. The quantitative estimate of drug-likeness (QED) is 0.832. The van der Waals surface area contributed by atoms with Crippen molar-refractivity contribution in [3.63, 3.8) is 0 Å². The van der Waals surface area contributed by atoms with Crippen molar-refractivity contribution in [2.75, 3.05) is 14.1 Å². The van der Waals surface area contributed by atoms with Crippen LogP contribution in [0.3, 0.4) is 0 Å². The second kappa shape index (κ2) is 4.85. The third-order valence-corrected chi connectivity index (χ3v) is 4.33. The van der Waals surface area contributed by atoms with Crippen LogP contribution in [0.5, 0.6) is 5.88 Å². The van der Waals surface area contributed by atoms with E-state index in [0.717, 1.165) is 25.7 Å². The van der Waals surface area contributed by atoms with E-state index in [-0.39, 0.29) is 17.0 Å². The predicted octanol–water partition coefficient (Wildman–Crippen LogP) is 0.425. The number of hydrogen-bond donors (Lipinski definition) is 2. The Labute approximate surface area is 111 Å². The number of nitrogens with one attached hydrogen (secondary N) is 1. The molecule has 0 saturated heterocycles. The van der Waals surface area contributed by atoms with Crippen LogP contribution in [0.25, 0.3) is 0 Å². The fourth-order valence-electron chi connectivity index (χ4n) is 2.88. The summed E-state index contributed by atoms with van der Waals surface area (Å²) in [6.45, 7) is 1.92. The molecule has 106 valence electrons. The van der Waals surface area contributed by atoms with Gasteiger partial charge in [-0.15, -0.1) is 0 Å². The van der Waals surface area contributed by atoms with Crippen molar-refractivity contribution in [1.29, 1.82) is 0 Å². The lowest BCUT2D eigenvalue weighted by atomic mass is 9.96. The van der Waals surface area contributed by atoms with E-state index in [0.29, 0.717) is 6.54 Å². The lowest BCUT2D eigenvalue weighted by molar-refractivity contribution is 0.127. The van der Waals surface area contributed by atoms with E-state index in [1.165, 1.54) is 11.5 Å². The Hall–Kier alpha value is -1.56. The van der Waals surface area contributed by atoms with Gasteiger partial charge in [0.2, 0.25) is 5.88 Å². The molecular formula is C13H21N3O3. The Kier molecular flexibility index (Phi) is 3.54. The van der Waals surface area contributed by atoms with E-state index in [1.54, 1.807) is 0 Å². The summed E-state index contributed by atoms with van der Waals surface area (Å²) in [5, 5.41) is 10.0. The zero-order valence-corrected chi connectivity index (χ0v) is 11.7. The van der Waals surface area contributed by atoms with Crippen LogP contribution in [-0.2, 0) is 6.54 Å². The molecule has 0 bridgehead atoms. The van der Waals surface area contributed by atoms with Gasteiger partial charge in [0.15, 0.2) is 0 Å². The molecule has 1 fully saturated rings. The highest BCUT2D eigenvalue weighted by Gasteiger charge is 2.37. The van der Waals surface area contributed by atoms with Crippen LogP contribution in [-0.4, -0.2) is 39.2 Å². The van der Waals surface area contributed by atoms with Crippen molar-refractivity contribution in [2.24, 2.45) is 0 Å². The number of likely N-dealkylation sites (N-methyl/N-ethyl adjacent to an activating group) is 1. The molecule has 6 heteroatoms. The molecule has 6 nitrogen and oxygen atoms in total. The Morgan fingerprint density at radius 3 is 2.42 bits per heavy atom. The Bertz CT molecular complexity index is 580. The molecular weight excluding hydrogens is 246 g/mol. The molecule has 2 N–H and O–H groups in total. The third-order valence-electron chi connectivity index (χ3n) is 4.33. The van der Waals surface area contributed by atoms with Gasteiger partial charge in [0, 0.05) is 12.1 Å². The average molecular weight is 267 g/mol. The second-order valence-corrected chi connectivity index (χ2v) is 5.62. The summed E-state index contributed by atoms with van der Waals surface area (Å²) in [4.78, 5) is 27.7. The molecule has 2 rings (SSSR count). The van der Waals surface area contributed by atoms with Crippen LogP contribution < -0.4 is 11.2 Å². The summed E-state index contributed by atoms with van der Waals surface area (Å²) in [6.07, 6.45) is 4.22. The molecule has 0 atom stereocenters. The summed E-state index contributed by atoms with van der Waals surface area (Å²) in [6, 6.07) is 0. The van der Waals surface area contributed by atoms with Gasteiger partial charge in [-0.2, -0.15) is 0 Å². The molecule has 0 aromatic carbocycles. The molecule has 1 saturated carbocycles. The molecule has 1 heterocycles. The van der Waals surface area contributed by atoms with E-state index in [2.05, 4.69) is 9.88 Å². The van der Waals surface area contributed by atoms with Crippen molar-refractivity contribution in [1.82, 2.24) is 14.5 Å². The van der Waals surface area contributed by atoms with E-state index in [9.17, 15) is 14.7 Å². The number of aromatic nitrogens is 2. The molecule has 1 aromatic rings. The summed E-state index contributed by atoms with van der Waals surface area (Å²) in [7, 11) is 3.98. The predicted molar refractivity (Wildman–Crippen MR) is 72.6 cm³/mol. The molecule has 1 aromatic heterocycles. The number of hydrogen-bond acceptors (Lipinski definition) is 4. The first kappa shape index (κ1) is 13.9. The van der Waals surface area contributed by atoms with Crippen molar-refractivity contribution in [2.45, 2.75) is 44.7 Å². The zero-order chi connectivity index (χ0) is 14.2. The minimum absolute atomic E-state index is 0.119. The molecule has 0 aliphatic heterocycles. The van der Waals surface area contributed by atoms with Gasteiger partial charge in [-0.05, 0) is 33.9 Å². The third kappa shape index (κ3) is 2.32. The smallest absolute Gasteiger partial charge is 0.331 e. The maximum absolute atomic E-state index is 11.9. The molecule has 0 amide bonds. The molecule has 19 heavy (non-hydrogen) atoms. The minimum Gasteiger partial charge on any atom is -0.494 e. The summed E-state index contributed by atoms with van der Waals surface area (Å²) in [5.41, 5.74) is -0.997. The van der Waals surface area contributed by atoms with Crippen molar-refractivity contribution in [3.05, 3.63) is 26.4 Å². The summed E-state index contributed by atoms with van der Waals surface area (Å²) >= 11 is 0. The largest absolute Gasteiger partial charge is 0.494 e. The standard InChI is InChI=1S/C13H21N3O3/c1-9-10(17)14-12(19)16(11(9)18)8-13(15(2)3)6-4-5-7-13/h18H,4-8H2,1-3H3,(H,14,17,19). The molecule has 0 unspecified atom stereocenters. The molecule has 0 spiro atoms. The van der Waals surface area contributed by atoms with Crippen molar-refractivity contribution in [3.8, 4) is 5.88 Å². The highest BCUT2D eigenvalue weighted by Crippen LogP contribution is 2.35. The molecule has 0 radical (unpaired) electrons. The Morgan fingerprint density at radius 2 is 1.89 bits per heavy atom. The first-order valence-electron chi connectivity index (χ1n) is 6.57. The van der Waals surface area contributed by atoms with Crippen LogP contribution in [0.15, 0.2) is 9.59 Å². The lowest BCUT2D eigenvalue weighted by Gasteiger charge is -2.36. The average Bonchev–Trinajstić information content (AvgIpc) is 2.82. The normalized spacial score (nSPS) is 18.1. The van der Waals surface area contributed by atoms with E-state index >= 15 is 0 Å². The topological polar surface area (TPSA) is 78.3 Å². The van der Waals surface area contributed by atoms with E-state index in [4.69, 9.17) is 0 Å². The van der Waals surface area contributed by atoms with Crippen LogP contribution in [0.2, 0.25) is 0 Å². The summed E-state index contributed by atoms with van der Waals surface area (Å²) < 4.78 is 1.28. The van der Waals surface area contributed by atoms with Gasteiger partial charge in [-0.1, -0.05) is 12.8 Å². The van der Waals surface area contributed by atoms with Crippen LogP contribution in [0.1, 0.15) is 31.2 Å². The van der Waals surface area contributed by atoms with Crippen molar-refractivity contribution >= 4 is 0 Å². The number of rotatable bonds is 3. The number of aromatic amines is 1. The van der Waals surface area contributed by atoms with Crippen LogP contribution in [0, 0.1) is 6.92 Å². The SMILES string of the molecule is Cc1c(O)n(CC2(N(C)C)CCCC2)c(=O)[nH]c1=O. The maximum Gasteiger partial charge on any atom is 0.331 e. The van der Waals surface area contributed by atoms with Gasteiger partial charge in [0.25, 0.3) is 5.56 Å². The first-order valence-corrected chi connectivity index (χ1v) is 6.57. The number of H-pyrrole nitrogens is 1. The Morgan fingerprint density at radius 1 is 1.32 bits per heavy atom. The Balaban J connectivity index is 2.46. The fraction of sp³-hybridized carbons (Fsp3) is 0.692. The first-order chi connectivity index (χ1) is 8.87. The highest BCUT2D eigenvalue weighted by molar-refractivity contribution is 5.21. The van der Waals surface area contributed by atoms with Crippen LogP contribution in [0.4, 0.5) is 0 Å². The summed E-state index contributed by atoms with van der Waals surface area (Å²) in [5.74, 6) is -0.220. The fourth-order valence-corrected chi connectivity index (χ4v) is 2.88. The van der Waals surface area contributed by atoms with Gasteiger partial charge in [-0.3, -0.25) is 14.3 Å². The molecule has 1 aliphatic carbocycles. The number of nitrogens with zero attached hydrogens (tertiary/aromatic N) is 2. The minimum atomic E-state index is -0.541. The maximum atomic E-state index is 11.9. The van der Waals surface area contributed by atoms with E-state index in [1.807, 2.05) is 14.1 Å². The second-order valence-electron chi connectivity index (χ2n) is 5.62. The van der Waals surface area contributed by atoms with E-state index < -0.39 is 11.2 Å². The van der Waals surface area contributed by atoms with Crippen LogP contribution >= 0.6 is 0 Å². The van der Waals surface area contributed by atoms with Gasteiger partial charge in [-0.25, -0.2) is 4.79 Å². The molecule has 1 aliphatic rings. The van der Waals surface area contributed by atoms with Gasteiger partial charge < -0.3 is 10.0 Å². The number of aromatic hydroxyl groups is 1.